The van der Waals surface area contributed by atoms with Crippen molar-refractivity contribution in [2.45, 2.75) is 12.6 Å². The number of ether oxygens (including phenoxy) is 1. The number of oxazole rings is 1. The molecule has 112 valence electrons. The van der Waals surface area contributed by atoms with Crippen LogP contribution in [0, 0.1) is 5.82 Å². The summed E-state index contributed by atoms with van der Waals surface area (Å²) in [6.07, 6.45) is 1.70. The smallest absolute Gasteiger partial charge is 0.226 e. The Labute approximate surface area is 122 Å². The van der Waals surface area contributed by atoms with Gasteiger partial charge in [0.2, 0.25) is 5.89 Å². The molecule has 1 aliphatic rings. The monoisotopic (exact) mass is 291 g/mol. The van der Waals surface area contributed by atoms with Crippen LogP contribution in [0.15, 0.2) is 34.9 Å². The van der Waals surface area contributed by atoms with E-state index in [1.54, 1.807) is 18.4 Å². The van der Waals surface area contributed by atoms with Gasteiger partial charge in [-0.05, 0) is 18.2 Å². The Balaban J connectivity index is 1.68. The number of nitrogens with two attached hydrogens (primary N) is 1. The van der Waals surface area contributed by atoms with E-state index in [4.69, 9.17) is 14.9 Å². The zero-order valence-electron chi connectivity index (χ0n) is 11.7. The molecular formula is C15H18FN3O2. The summed E-state index contributed by atoms with van der Waals surface area (Å²) in [5.74, 6) is 0.138. The van der Waals surface area contributed by atoms with E-state index < -0.39 is 0 Å². The molecule has 0 spiro atoms. The minimum absolute atomic E-state index is 0.0772. The van der Waals surface area contributed by atoms with Crippen LogP contribution in [-0.4, -0.2) is 42.2 Å². The molecule has 1 aromatic heterocycles. The van der Waals surface area contributed by atoms with Gasteiger partial charge in [0.15, 0.2) is 0 Å². The SMILES string of the molecule is NCC1CN(Cc2coc(-c3cccc(F)c3)n2)CCO1. The fourth-order valence-electron chi connectivity index (χ4n) is 2.43. The van der Waals surface area contributed by atoms with Gasteiger partial charge in [0.05, 0.1) is 18.4 Å². The number of rotatable bonds is 4. The van der Waals surface area contributed by atoms with Crippen molar-refractivity contribution in [1.29, 1.82) is 0 Å². The Morgan fingerprint density at radius 2 is 2.33 bits per heavy atom. The Morgan fingerprint density at radius 1 is 1.43 bits per heavy atom. The summed E-state index contributed by atoms with van der Waals surface area (Å²) in [6.45, 7) is 3.51. The summed E-state index contributed by atoms with van der Waals surface area (Å²) in [7, 11) is 0. The minimum Gasteiger partial charge on any atom is -0.444 e. The van der Waals surface area contributed by atoms with E-state index in [1.165, 1.54) is 12.1 Å². The van der Waals surface area contributed by atoms with Crippen LogP contribution >= 0.6 is 0 Å². The van der Waals surface area contributed by atoms with Gasteiger partial charge in [-0.1, -0.05) is 6.07 Å². The maximum atomic E-state index is 13.2. The molecule has 6 heteroatoms. The van der Waals surface area contributed by atoms with Gasteiger partial charge in [0.1, 0.15) is 12.1 Å². The summed E-state index contributed by atoms with van der Waals surface area (Å²) >= 11 is 0. The molecule has 0 aliphatic carbocycles. The molecule has 0 amide bonds. The summed E-state index contributed by atoms with van der Waals surface area (Å²) in [4.78, 5) is 6.65. The topological polar surface area (TPSA) is 64.5 Å². The van der Waals surface area contributed by atoms with E-state index in [0.29, 0.717) is 31.2 Å². The van der Waals surface area contributed by atoms with Gasteiger partial charge in [-0.25, -0.2) is 9.37 Å². The van der Waals surface area contributed by atoms with Crippen LogP contribution in [-0.2, 0) is 11.3 Å². The fourth-order valence-corrected chi connectivity index (χ4v) is 2.43. The first-order valence-corrected chi connectivity index (χ1v) is 6.99. The quantitative estimate of drug-likeness (QED) is 0.927. The summed E-state index contributed by atoms with van der Waals surface area (Å²) in [5.41, 5.74) is 7.10. The second kappa shape index (κ2) is 6.34. The van der Waals surface area contributed by atoms with Gasteiger partial charge in [0, 0.05) is 31.7 Å². The van der Waals surface area contributed by atoms with Crippen LogP contribution in [0.4, 0.5) is 4.39 Å². The van der Waals surface area contributed by atoms with Crippen molar-refractivity contribution in [2.75, 3.05) is 26.2 Å². The first-order chi connectivity index (χ1) is 10.2. The third kappa shape index (κ3) is 3.47. The van der Waals surface area contributed by atoms with E-state index in [-0.39, 0.29) is 11.9 Å². The first-order valence-electron chi connectivity index (χ1n) is 6.99. The lowest BCUT2D eigenvalue weighted by atomic mass is 10.2. The molecular weight excluding hydrogens is 273 g/mol. The Bertz CT molecular complexity index is 602. The maximum absolute atomic E-state index is 13.2. The van der Waals surface area contributed by atoms with Crippen LogP contribution in [0.3, 0.4) is 0 Å². The average molecular weight is 291 g/mol. The van der Waals surface area contributed by atoms with E-state index >= 15 is 0 Å². The Hall–Kier alpha value is -1.76. The molecule has 2 N–H and O–H groups in total. The lowest BCUT2D eigenvalue weighted by Gasteiger charge is -2.31. The molecule has 0 radical (unpaired) electrons. The fraction of sp³-hybridized carbons (Fsp3) is 0.400. The molecule has 1 saturated heterocycles. The normalized spacial score (nSPS) is 19.8. The van der Waals surface area contributed by atoms with E-state index in [2.05, 4.69) is 9.88 Å². The number of aromatic nitrogens is 1. The van der Waals surface area contributed by atoms with Gasteiger partial charge in [-0.3, -0.25) is 4.90 Å². The zero-order chi connectivity index (χ0) is 14.7. The first kappa shape index (κ1) is 14.2. The van der Waals surface area contributed by atoms with E-state index in [1.807, 2.05) is 0 Å². The summed E-state index contributed by atoms with van der Waals surface area (Å²) in [6, 6.07) is 6.23. The summed E-state index contributed by atoms with van der Waals surface area (Å²) < 4.78 is 24.2. The van der Waals surface area contributed by atoms with E-state index in [0.717, 1.165) is 18.8 Å². The van der Waals surface area contributed by atoms with Crippen molar-refractivity contribution in [3.8, 4) is 11.5 Å². The highest BCUT2D eigenvalue weighted by Crippen LogP contribution is 2.20. The highest BCUT2D eigenvalue weighted by atomic mass is 19.1. The lowest BCUT2D eigenvalue weighted by Crippen LogP contribution is -2.45. The Morgan fingerprint density at radius 3 is 3.14 bits per heavy atom. The third-order valence-electron chi connectivity index (χ3n) is 3.49. The second-order valence-corrected chi connectivity index (χ2v) is 5.12. The molecule has 0 saturated carbocycles. The maximum Gasteiger partial charge on any atom is 0.226 e. The Kier molecular flexibility index (Phi) is 4.28. The predicted molar refractivity (Wildman–Crippen MR) is 76.0 cm³/mol. The minimum atomic E-state index is -0.300. The molecule has 2 heterocycles. The van der Waals surface area contributed by atoms with Crippen molar-refractivity contribution >= 4 is 0 Å². The van der Waals surface area contributed by atoms with Crippen LogP contribution in [0.1, 0.15) is 5.69 Å². The molecule has 2 aromatic rings. The predicted octanol–water partition coefficient (Wildman–Crippen LogP) is 1.64. The molecule has 21 heavy (non-hydrogen) atoms. The van der Waals surface area contributed by atoms with Crippen molar-refractivity contribution in [1.82, 2.24) is 9.88 Å². The number of nitrogens with zero attached hydrogens (tertiary/aromatic N) is 2. The van der Waals surface area contributed by atoms with Crippen molar-refractivity contribution in [3.05, 3.63) is 42.0 Å². The number of hydrogen-bond acceptors (Lipinski definition) is 5. The van der Waals surface area contributed by atoms with Crippen LogP contribution < -0.4 is 5.73 Å². The molecule has 1 atom stereocenters. The standard InChI is InChI=1S/C15H18FN3O2/c16-12-3-1-2-11(6-12)15-18-13(10-21-15)8-19-4-5-20-14(7-17)9-19/h1-3,6,10,14H,4-5,7-9,17H2. The molecule has 0 bridgehead atoms. The van der Waals surface area contributed by atoms with Gasteiger partial charge < -0.3 is 14.9 Å². The molecule has 1 unspecified atom stereocenters. The number of benzene rings is 1. The second-order valence-electron chi connectivity index (χ2n) is 5.12. The molecule has 3 rings (SSSR count). The average Bonchev–Trinajstić information content (AvgIpc) is 2.96. The highest BCUT2D eigenvalue weighted by Gasteiger charge is 2.20. The summed E-state index contributed by atoms with van der Waals surface area (Å²) in [5, 5.41) is 0. The molecule has 1 aliphatic heterocycles. The molecule has 1 aromatic carbocycles. The van der Waals surface area contributed by atoms with Crippen molar-refractivity contribution < 1.29 is 13.5 Å². The van der Waals surface area contributed by atoms with Crippen LogP contribution in [0.2, 0.25) is 0 Å². The molecule has 5 nitrogen and oxygen atoms in total. The number of hydrogen-bond donors (Lipinski definition) is 1. The van der Waals surface area contributed by atoms with Gasteiger partial charge >= 0.3 is 0 Å². The van der Waals surface area contributed by atoms with E-state index in [9.17, 15) is 4.39 Å². The lowest BCUT2D eigenvalue weighted by molar-refractivity contribution is -0.0264. The van der Waals surface area contributed by atoms with Gasteiger partial charge in [-0.15, -0.1) is 0 Å². The molecule has 1 fully saturated rings. The number of halogens is 1. The van der Waals surface area contributed by atoms with Crippen molar-refractivity contribution in [2.24, 2.45) is 5.73 Å². The van der Waals surface area contributed by atoms with Crippen molar-refractivity contribution in [3.63, 3.8) is 0 Å². The van der Waals surface area contributed by atoms with Crippen LogP contribution in [0.25, 0.3) is 11.5 Å². The van der Waals surface area contributed by atoms with Gasteiger partial charge in [-0.2, -0.15) is 0 Å². The van der Waals surface area contributed by atoms with Crippen LogP contribution in [0.5, 0.6) is 0 Å². The third-order valence-corrected chi connectivity index (χ3v) is 3.49. The highest BCUT2D eigenvalue weighted by molar-refractivity contribution is 5.52. The van der Waals surface area contributed by atoms with Gasteiger partial charge in [0.25, 0.3) is 0 Å². The largest absolute Gasteiger partial charge is 0.444 e. The number of morpholine rings is 1. The zero-order valence-corrected chi connectivity index (χ0v) is 11.7.